The number of halogens is 2. The molecule has 0 aromatic heterocycles. The Balaban J connectivity index is 0.00000225. The van der Waals surface area contributed by atoms with Gasteiger partial charge in [-0.3, -0.25) is 0 Å². The number of nitrogens with one attached hydrogen (secondary N) is 1. The molecule has 136 valence electrons. The van der Waals surface area contributed by atoms with Crippen LogP contribution in [0, 0.1) is 0 Å². The van der Waals surface area contributed by atoms with Crippen LogP contribution in [-0.4, -0.2) is 18.3 Å². The summed E-state index contributed by atoms with van der Waals surface area (Å²) in [4.78, 5) is 1.32. The van der Waals surface area contributed by atoms with Crippen molar-refractivity contribution >= 4 is 35.8 Å². The standard InChI is InChI=1S/C21H26ClNS.ClH/c22-18-12-13-21(20(16-18)17-8-3-1-4-9-17)24-15-7-14-23-19-10-5-2-6-11-19;/h1,3-4,8-9,12-13,16,19,23H,2,5-7,10-11,14-15H2;1H. The lowest BCUT2D eigenvalue weighted by Gasteiger charge is -2.22. The van der Waals surface area contributed by atoms with Gasteiger partial charge in [0.15, 0.2) is 0 Å². The van der Waals surface area contributed by atoms with Gasteiger partial charge in [-0.2, -0.15) is 0 Å². The minimum Gasteiger partial charge on any atom is -0.314 e. The van der Waals surface area contributed by atoms with E-state index in [1.165, 1.54) is 54.5 Å². The third-order valence-electron chi connectivity index (χ3n) is 4.64. The third kappa shape index (κ3) is 6.53. The second-order valence-corrected chi connectivity index (χ2v) is 8.07. The number of hydrogen-bond donors (Lipinski definition) is 1. The number of rotatable bonds is 7. The SMILES string of the molecule is Cl.Clc1ccc(SCCCNC2CCCCC2)c(-c2ccccc2)c1. The maximum absolute atomic E-state index is 6.22. The van der Waals surface area contributed by atoms with Crippen LogP contribution in [-0.2, 0) is 0 Å². The van der Waals surface area contributed by atoms with Gasteiger partial charge in [-0.1, -0.05) is 61.2 Å². The highest BCUT2D eigenvalue weighted by molar-refractivity contribution is 7.99. The molecule has 25 heavy (non-hydrogen) atoms. The topological polar surface area (TPSA) is 12.0 Å². The van der Waals surface area contributed by atoms with Gasteiger partial charge in [0.05, 0.1) is 0 Å². The molecule has 0 bridgehead atoms. The molecule has 1 aliphatic rings. The zero-order valence-electron chi connectivity index (χ0n) is 14.5. The van der Waals surface area contributed by atoms with E-state index in [1.54, 1.807) is 0 Å². The second-order valence-electron chi connectivity index (χ2n) is 6.50. The van der Waals surface area contributed by atoms with Crippen LogP contribution in [0.2, 0.25) is 5.02 Å². The van der Waals surface area contributed by atoms with Gasteiger partial charge >= 0.3 is 0 Å². The van der Waals surface area contributed by atoms with E-state index in [9.17, 15) is 0 Å². The molecule has 0 amide bonds. The van der Waals surface area contributed by atoms with Gasteiger partial charge < -0.3 is 5.32 Å². The lowest BCUT2D eigenvalue weighted by atomic mass is 9.95. The molecule has 0 aliphatic heterocycles. The minimum atomic E-state index is 0. The van der Waals surface area contributed by atoms with E-state index in [4.69, 9.17) is 11.6 Å². The molecule has 0 spiro atoms. The summed E-state index contributed by atoms with van der Waals surface area (Å²) >= 11 is 8.16. The van der Waals surface area contributed by atoms with E-state index in [2.05, 4.69) is 47.8 Å². The molecule has 2 aromatic rings. The van der Waals surface area contributed by atoms with Crippen molar-refractivity contribution in [2.45, 2.75) is 49.5 Å². The van der Waals surface area contributed by atoms with Crippen LogP contribution in [0.4, 0.5) is 0 Å². The van der Waals surface area contributed by atoms with Crippen LogP contribution in [0.3, 0.4) is 0 Å². The molecule has 1 fully saturated rings. The molecule has 0 heterocycles. The molecule has 3 rings (SSSR count). The van der Waals surface area contributed by atoms with Crippen molar-refractivity contribution in [3.05, 3.63) is 53.6 Å². The van der Waals surface area contributed by atoms with Crippen molar-refractivity contribution in [1.29, 1.82) is 0 Å². The summed E-state index contributed by atoms with van der Waals surface area (Å²) < 4.78 is 0. The van der Waals surface area contributed by atoms with E-state index < -0.39 is 0 Å². The van der Waals surface area contributed by atoms with Crippen LogP contribution >= 0.6 is 35.8 Å². The van der Waals surface area contributed by atoms with E-state index in [0.29, 0.717) is 0 Å². The monoisotopic (exact) mass is 395 g/mol. The first kappa shape index (κ1) is 20.6. The molecule has 0 unspecified atom stereocenters. The van der Waals surface area contributed by atoms with Crippen molar-refractivity contribution < 1.29 is 0 Å². The first-order valence-electron chi connectivity index (χ1n) is 9.04. The summed E-state index contributed by atoms with van der Waals surface area (Å²) in [5.41, 5.74) is 2.48. The van der Waals surface area contributed by atoms with Gasteiger partial charge in [0, 0.05) is 16.0 Å². The Kier molecular flexibility index (Phi) is 9.19. The van der Waals surface area contributed by atoms with E-state index >= 15 is 0 Å². The van der Waals surface area contributed by atoms with Gasteiger partial charge in [-0.25, -0.2) is 0 Å². The van der Waals surface area contributed by atoms with Crippen LogP contribution < -0.4 is 5.32 Å². The van der Waals surface area contributed by atoms with Crippen LogP contribution in [0.15, 0.2) is 53.4 Å². The fourth-order valence-electron chi connectivity index (χ4n) is 3.34. The van der Waals surface area contributed by atoms with Gasteiger partial charge in [0.2, 0.25) is 0 Å². The summed E-state index contributed by atoms with van der Waals surface area (Å²) in [7, 11) is 0. The highest BCUT2D eigenvalue weighted by Crippen LogP contribution is 2.33. The third-order valence-corrected chi connectivity index (χ3v) is 6.04. The van der Waals surface area contributed by atoms with Crippen molar-refractivity contribution in [1.82, 2.24) is 5.32 Å². The Morgan fingerprint density at radius 2 is 1.76 bits per heavy atom. The molecule has 2 aromatic carbocycles. The fraction of sp³-hybridized carbons (Fsp3) is 0.429. The summed E-state index contributed by atoms with van der Waals surface area (Å²) in [5.74, 6) is 1.14. The fourth-order valence-corrected chi connectivity index (χ4v) is 4.52. The lowest BCUT2D eigenvalue weighted by molar-refractivity contribution is 0.375. The predicted molar refractivity (Wildman–Crippen MR) is 114 cm³/mol. The molecule has 1 aliphatic carbocycles. The first-order chi connectivity index (χ1) is 11.8. The van der Waals surface area contributed by atoms with Gasteiger partial charge in [-0.15, -0.1) is 24.2 Å². The Morgan fingerprint density at radius 1 is 1.00 bits per heavy atom. The van der Waals surface area contributed by atoms with Crippen LogP contribution in [0.1, 0.15) is 38.5 Å². The number of benzene rings is 2. The van der Waals surface area contributed by atoms with Crippen LogP contribution in [0.25, 0.3) is 11.1 Å². The van der Waals surface area contributed by atoms with E-state index in [1.807, 2.05) is 17.8 Å². The predicted octanol–water partition coefficient (Wildman–Crippen LogP) is 6.83. The largest absolute Gasteiger partial charge is 0.314 e. The van der Waals surface area contributed by atoms with Crippen molar-refractivity contribution in [3.8, 4) is 11.1 Å². The molecule has 1 saturated carbocycles. The van der Waals surface area contributed by atoms with Crippen molar-refractivity contribution in [2.24, 2.45) is 0 Å². The Bertz CT molecular complexity index is 627. The quantitative estimate of drug-likeness (QED) is 0.406. The summed E-state index contributed by atoms with van der Waals surface area (Å²) in [6.07, 6.45) is 8.16. The van der Waals surface area contributed by atoms with E-state index in [-0.39, 0.29) is 12.4 Å². The van der Waals surface area contributed by atoms with Gasteiger partial charge in [0.1, 0.15) is 0 Å². The Labute approximate surface area is 167 Å². The van der Waals surface area contributed by atoms with Crippen molar-refractivity contribution in [2.75, 3.05) is 12.3 Å². The lowest BCUT2D eigenvalue weighted by Crippen LogP contribution is -2.31. The smallest absolute Gasteiger partial charge is 0.0412 e. The highest BCUT2D eigenvalue weighted by atomic mass is 35.5. The maximum Gasteiger partial charge on any atom is 0.0412 e. The number of hydrogen-bond acceptors (Lipinski definition) is 2. The molecule has 1 nitrogen and oxygen atoms in total. The average Bonchev–Trinajstić information content (AvgIpc) is 2.64. The molecular formula is C21H27Cl2NS. The minimum absolute atomic E-state index is 0. The molecular weight excluding hydrogens is 369 g/mol. The summed E-state index contributed by atoms with van der Waals surface area (Å²) in [6, 6.07) is 17.5. The number of thioether (sulfide) groups is 1. The van der Waals surface area contributed by atoms with Crippen LogP contribution in [0.5, 0.6) is 0 Å². The Morgan fingerprint density at radius 3 is 2.52 bits per heavy atom. The van der Waals surface area contributed by atoms with Gasteiger partial charge in [0.25, 0.3) is 0 Å². The molecule has 1 N–H and O–H groups in total. The Hall–Kier alpha value is -0.670. The maximum atomic E-state index is 6.22. The average molecular weight is 396 g/mol. The molecule has 0 saturated heterocycles. The summed E-state index contributed by atoms with van der Waals surface area (Å²) in [6.45, 7) is 1.13. The first-order valence-corrected chi connectivity index (χ1v) is 10.4. The van der Waals surface area contributed by atoms with E-state index in [0.717, 1.165) is 23.4 Å². The normalized spacial score (nSPS) is 14.9. The molecule has 0 radical (unpaired) electrons. The van der Waals surface area contributed by atoms with Crippen molar-refractivity contribution in [3.63, 3.8) is 0 Å². The second kappa shape index (κ2) is 11.1. The zero-order valence-corrected chi connectivity index (χ0v) is 16.9. The zero-order chi connectivity index (χ0) is 16.6. The molecule has 4 heteroatoms. The summed E-state index contributed by atoms with van der Waals surface area (Å²) in [5, 5.41) is 4.53. The molecule has 0 atom stereocenters. The van der Waals surface area contributed by atoms with Gasteiger partial charge in [-0.05, 0) is 60.9 Å². The highest BCUT2D eigenvalue weighted by Gasteiger charge is 2.12.